The number of hydrogen-bond acceptors (Lipinski definition) is 6. The number of fused-ring (bicyclic) bond motifs is 1. The minimum atomic E-state index is -0.657. The maximum absolute atomic E-state index is 13.2. The summed E-state index contributed by atoms with van der Waals surface area (Å²) in [7, 11) is 10.6. The second-order valence-electron chi connectivity index (χ2n) is 11.1. The first-order chi connectivity index (χ1) is 18.1. The van der Waals surface area contributed by atoms with Crippen molar-refractivity contribution in [3.8, 4) is 5.75 Å². The lowest BCUT2D eigenvalue weighted by Crippen LogP contribution is -2.52. The maximum atomic E-state index is 13.2. The Labute approximate surface area is 228 Å². The highest BCUT2D eigenvalue weighted by molar-refractivity contribution is 6.44. The molecule has 0 spiro atoms. The molecule has 1 N–H and O–H groups in total. The molecule has 2 aromatic carbocycles. The van der Waals surface area contributed by atoms with E-state index >= 15 is 0 Å². The number of nitrogens with zero attached hydrogens (tertiary/aromatic N) is 2. The predicted octanol–water partition coefficient (Wildman–Crippen LogP) is -4.62. The number of hydrogen-bond donors (Lipinski definition) is 1. The van der Waals surface area contributed by atoms with E-state index in [1.165, 1.54) is 11.0 Å². The Bertz CT molecular complexity index is 1300. The van der Waals surface area contributed by atoms with Gasteiger partial charge in [-0.1, -0.05) is 29.1 Å². The monoisotopic (exact) mass is 509 g/mol. The van der Waals surface area contributed by atoms with Crippen LogP contribution in [0.5, 0.6) is 5.75 Å². The van der Waals surface area contributed by atoms with Gasteiger partial charge in [0.2, 0.25) is 11.8 Å². The molecule has 192 valence electrons. The second-order valence-corrected chi connectivity index (χ2v) is 11.1. The van der Waals surface area contributed by atoms with E-state index in [1.54, 1.807) is 11.0 Å². The van der Waals surface area contributed by atoms with Crippen molar-refractivity contribution in [1.29, 1.82) is 0 Å². The quantitative estimate of drug-likeness (QED) is 0.312. The summed E-state index contributed by atoms with van der Waals surface area (Å²) >= 11 is 0. The molecule has 2 saturated heterocycles. The van der Waals surface area contributed by atoms with Crippen LogP contribution in [0.2, 0.25) is 0 Å². The number of rotatable bonds is 6. The SMILES string of the molecule is Bc1cc(C(B)(B)Oc2cccc3c2CN(C2CCC(=O)NC2=O)C3=O)c(B)cc1C(B)N1CCOCC1. The number of piperidine rings is 1. The number of imide groups is 1. The molecule has 13 heteroatoms. The van der Waals surface area contributed by atoms with Gasteiger partial charge < -0.3 is 14.4 Å². The molecule has 3 heterocycles. The fraction of sp³-hybridized carbons (Fsp3) is 0.400. The van der Waals surface area contributed by atoms with E-state index < -0.39 is 17.3 Å². The summed E-state index contributed by atoms with van der Waals surface area (Å²) in [6.45, 7) is 3.69. The fourth-order valence-corrected chi connectivity index (χ4v) is 6.08. The van der Waals surface area contributed by atoms with Crippen molar-refractivity contribution in [2.24, 2.45) is 0 Å². The standard InChI is InChI=1S/C25H32B5N3O5/c26-17-11-16(18(27)10-14(17)22(28)32-6-8-37-9-7-32)25(29,30)38-20-3-1-2-13-15(20)12-33(24(13)36)19-4-5-21(34)31-23(19)35/h1-3,10-11,19,22H,4-9,12,26-30H2,(H,31,34,35). The van der Waals surface area contributed by atoms with Crippen LogP contribution >= 0.6 is 0 Å². The summed E-state index contributed by atoms with van der Waals surface area (Å²) in [5, 5.41) is 1.70. The predicted molar refractivity (Wildman–Crippen MR) is 158 cm³/mol. The summed E-state index contributed by atoms with van der Waals surface area (Å²) in [5.41, 5.74) is 6.11. The summed E-state index contributed by atoms with van der Waals surface area (Å²) < 4.78 is 12.2. The van der Waals surface area contributed by atoms with Crippen LogP contribution in [0.15, 0.2) is 30.3 Å². The van der Waals surface area contributed by atoms with Crippen LogP contribution in [0.1, 0.15) is 45.8 Å². The third kappa shape index (κ3) is 4.94. The Morgan fingerprint density at radius 1 is 1.08 bits per heavy atom. The third-order valence-corrected chi connectivity index (χ3v) is 8.21. The van der Waals surface area contributed by atoms with E-state index in [2.05, 4.69) is 45.9 Å². The van der Waals surface area contributed by atoms with E-state index in [1.807, 2.05) is 27.8 Å². The smallest absolute Gasteiger partial charge is 0.255 e. The van der Waals surface area contributed by atoms with Gasteiger partial charge in [0.15, 0.2) is 15.7 Å². The first-order valence-corrected chi connectivity index (χ1v) is 13.5. The Balaban J connectivity index is 1.39. The van der Waals surface area contributed by atoms with E-state index in [0.717, 1.165) is 42.9 Å². The van der Waals surface area contributed by atoms with Crippen molar-refractivity contribution >= 4 is 67.9 Å². The van der Waals surface area contributed by atoms with Crippen molar-refractivity contribution in [3.05, 3.63) is 52.6 Å². The van der Waals surface area contributed by atoms with E-state index in [4.69, 9.17) is 9.47 Å². The highest BCUT2D eigenvalue weighted by Gasteiger charge is 2.40. The molecule has 2 unspecified atom stereocenters. The van der Waals surface area contributed by atoms with E-state index in [9.17, 15) is 14.4 Å². The zero-order chi connectivity index (χ0) is 27.2. The molecule has 0 aliphatic carbocycles. The average Bonchev–Trinajstić information content (AvgIpc) is 3.22. The summed E-state index contributed by atoms with van der Waals surface area (Å²) in [4.78, 5) is 41.3. The normalized spacial score (nSPS) is 21.2. The molecular formula is C25H32B5N3O5. The zero-order valence-corrected chi connectivity index (χ0v) is 22.9. The van der Waals surface area contributed by atoms with Crippen LogP contribution in [0.4, 0.5) is 0 Å². The lowest BCUT2D eigenvalue weighted by molar-refractivity contribution is -0.136. The van der Waals surface area contributed by atoms with Gasteiger partial charge >= 0.3 is 0 Å². The van der Waals surface area contributed by atoms with Crippen LogP contribution in [-0.4, -0.2) is 99.1 Å². The van der Waals surface area contributed by atoms with E-state index in [-0.39, 0.29) is 24.8 Å². The van der Waals surface area contributed by atoms with E-state index in [0.29, 0.717) is 23.7 Å². The number of nitrogens with one attached hydrogen (secondary N) is 1. The van der Waals surface area contributed by atoms with Gasteiger partial charge in [0, 0.05) is 36.6 Å². The molecule has 8 nitrogen and oxygen atoms in total. The molecule has 3 amide bonds. The van der Waals surface area contributed by atoms with Crippen LogP contribution in [-0.2, 0) is 26.3 Å². The molecule has 2 fully saturated rings. The average molecular weight is 509 g/mol. The number of carbonyl (C=O) groups excluding carboxylic acids is 3. The Morgan fingerprint density at radius 3 is 2.53 bits per heavy atom. The van der Waals surface area contributed by atoms with Crippen molar-refractivity contribution in [2.75, 3.05) is 26.3 Å². The summed E-state index contributed by atoms with van der Waals surface area (Å²) in [6.07, 6.45) is 0.561. The molecule has 3 aliphatic heterocycles. The minimum absolute atomic E-state index is 0.203. The number of amides is 3. The van der Waals surface area contributed by atoms with Gasteiger partial charge in [-0.3, -0.25) is 24.6 Å². The Hall–Kier alpha value is -2.91. The van der Waals surface area contributed by atoms with Crippen molar-refractivity contribution in [2.45, 2.75) is 36.8 Å². The second kappa shape index (κ2) is 10.3. The topological polar surface area (TPSA) is 88.2 Å². The number of morpholine rings is 1. The molecule has 3 aliphatic rings. The first-order valence-electron chi connectivity index (χ1n) is 13.5. The molecule has 2 aromatic rings. The van der Waals surface area contributed by atoms with Gasteiger partial charge in [-0.25, -0.2) is 0 Å². The lowest BCUT2D eigenvalue weighted by Gasteiger charge is -2.35. The zero-order valence-electron chi connectivity index (χ0n) is 22.9. The van der Waals surface area contributed by atoms with Gasteiger partial charge in [-0.05, 0) is 29.7 Å². The molecule has 0 bridgehead atoms. The summed E-state index contributed by atoms with van der Waals surface area (Å²) in [5.74, 6) is 0.0296. The van der Waals surface area contributed by atoms with Gasteiger partial charge in [0.05, 0.1) is 25.2 Å². The third-order valence-electron chi connectivity index (χ3n) is 8.21. The van der Waals surface area contributed by atoms with Gasteiger partial charge in [-0.2, -0.15) is 0 Å². The molecule has 0 radical (unpaired) electrons. The van der Waals surface area contributed by atoms with Crippen LogP contribution in [0.3, 0.4) is 0 Å². The molecule has 5 rings (SSSR count). The lowest BCUT2D eigenvalue weighted by atomic mass is 9.57. The highest BCUT2D eigenvalue weighted by atomic mass is 16.5. The number of benzene rings is 2. The fourth-order valence-electron chi connectivity index (χ4n) is 6.08. The minimum Gasteiger partial charge on any atom is -0.501 e. The highest BCUT2D eigenvalue weighted by Crippen LogP contribution is 2.35. The largest absolute Gasteiger partial charge is 0.501 e. The van der Waals surface area contributed by atoms with Gasteiger partial charge in [-0.15, -0.1) is 0 Å². The Morgan fingerprint density at radius 2 is 1.82 bits per heavy atom. The summed E-state index contributed by atoms with van der Waals surface area (Å²) in [6, 6.07) is 9.34. The molecular weight excluding hydrogens is 476 g/mol. The maximum Gasteiger partial charge on any atom is 0.255 e. The van der Waals surface area contributed by atoms with Crippen molar-refractivity contribution in [1.82, 2.24) is 15.1 Å². The first kappa shape index (κ1) is 26.7. The molecule has 38 heavy (non-hydrogen) atoms. The Kier molecular flexibility index (Phi) is 7.26. The molecule has 2 atom stereocenters. The number of carbonyl (C=O) groups is 3. The number of ether oxygens (including phenoxy) is 2. The van der Waals surface area contributed by atoms with Gasteiger partial charge in [0.1, 0.15) is 35.3 Å². The van der Waals surface area contributed by atoms with Crippen molar-refractivity contribution in [3.63, 3.8) is 0 Å². The van der Waals surface area contributed by atoms with Crippen LogP contribution < -0.4 is 21.0 Å². The van der Waals surface area contributed by atoms with Gasteiger partial charge in [0.25, 0.3) is 5.91 Å². The van der Waals surface area contributed by atoms with Crippen LogP contribution in [0, 0.1) is 0 Å². The molecule has 0 aromatic heterocycles. The van der Waals surface area contributed by atoms with Crippen molar-refractivity contribution < 1.29 is 23.9 Å². The van der Waals surface area contributed by atoms with Crippen LogP contribution in [0.25, 0.3) is 0 Å². The molecule has 0 saturated carbocycles.